The average Bonchev–Trinajstić information content (AvgIpc) is 3.31. The van der Waals surface area contributed by atoms with Crippen molar-refractivity contribution in [3.05, 3.63) is 71.6 Å². The van der Waals surface area contributed by atoms with E-state index in [2.05, 4.69) is 20.1 Å². The number of aromatic nitrogens is 4. The van der Waals surface area contributed by atoms with Gasteiger partial charge in [-0.2, -0.15) is 13.8 Å². The van der Waals surface area contributed by atoms with Crippen LogP contribution in [0.1, 0.15) is 29.8 Å². The highest BCUT2D eigenvalue weighted by atomic mass is 19.3. The highest BCUT2D eigenvalue weighted by Crippen LogP contribution is 2.39. The van der Waals surface area contributed by atoms with Crippen molar-refractivity contribution < 1.29 is 18.0 Å². The summed E-state index contributed by atoms with van der Waals surface area (Å²) in [6.07, 6.45) is 3.68. The molecule has 8 heteroatoms. The Morgan fingerprint density at radius 2 is 2.04 bits per heavy atom. The molecule has 0 unspecified atom stereocenters. The lowest BCUT2D eigenvalue weighted by molar-refractivity contribution is 0.00509. The molecule has 1 N–H and O–H groups in total. The van der Waals surface area contributed by atoms with Crippen LogP contribution in [0.2, 0.25) is 0 Å². The molecule has 0 radical (unpaired) electrons. The zero-order valence-corrected chi connectivity index (χ0v) is 14.4. The van der Waals surface area contributed by atoms with Crippen LogP contribution in [0.3, 0.4) is 0 Å². The van der Waals surface area contributed by atoms with E-state index in [1.807, 2.05) is 6.07 Å². The van der Waals surface area contributed by atoms with E-state index >= 15 is 0 Å². The molecule has 0 atom stereocenters. The third kappa shape index (κ3) is 3.14. The van der Waals surface area contributed by atoms with Crippen LogP contribution < -0.4 is 4.74 Å². The molecular weight excluding hydrogens is 354 g/mol. The third-order valence-corrected chi connectivity index (χ3v) is 4.15. The monoisotopic (exact) mass is 370 g/mol. The van der Waals surface area contributed by atoms with Crippen molar-refractivity contribution in [2.24, 2.45) is 0 Å². The first-order valence-electron chi connectivity index (χ1n) is 8.43. The van der Waals surface area contributed by atoms with Gasteiger partial charge in [0.2, 0.25) is 0 Å². The van der Waals surface area contributed by atoms with Crippen molar-refractivity contribution in [1.82, 2.24) is 20.1 Å². The second-order valence-corrected chi connectivity index (χ2v) is 5.91. The van der Waals surface area contributed by atoms with Gasteiger partial charge in [-0.05, 0) is 36.8 Å². The van der Waals surface area contributed by atoms with E-state index in [0.717, 1.165) is 10.9 Å². The van der Waals surface area contributed by atoms with Gasteiger partial charge in [-0.1, -0.05) is 17.3 Å². The van der Waals surface area contributed by atoms with Gasteiger partial charge in [0.05, 0.1) is 12.2 Å². The van der Waals surface area contributed by atoms with Crippen LogP contribution in [0.15, 0.2) is 53.3 Å². The maximum atomic E-state index is 14.9. The zero-order chi connectivity index (χ0) is 18.9. The van der Waals surface area contributed by atoms with Crippen molar-refractivity contribution in [3.8, 4) is 5.75 Å². The molecule has 0 aliphatic carbocycles. The summed E-state index contributed by atoms with van der Waals surface area (Å²) in [6.45, 7) is 2.01. The highest BCUT2D eigenvalue weighted by Gasteiger charge is 2.43. The molecule has 6 nitrogen and oxygen atoms in total. The normalized spacial score (nSPS) is 11.8. The van der Waals surface area contributed by atoms with Gasteiger partial charge in [-0.3, -0.25) is 0 Å². The first-order valence-corrected chi connectivity index (χ1v) is 8.43. The number of ether oxygens (including phenoxy) is 1. The minimum absolute atomic E-state index is 0.0902. The van der Waals surface area contributed by atoms with Crippen molar-refractivity contribution in [3.63, 3.8) is 0 Å². The number of hydrogen-bond acceptors (Lipinski definition) is 5. The summed E-state index contributed by atoms with van der Waals surface area (Å²) in [6, 6.07) is 9.63. The van der Waals surface area contributed by atoms with Gasteiger partial charge >= 0.3 is 11.8 Å². The Morgan fingerprint density at radius 3 is 2.89 bits per heavy atom. The molecule has 3 heterocycles. The van der Waals surface area contributed by atoms with Crippen LogP contribution in [0.4, 0.5) is 8.78 Å². The number of rotatable bonds is 6. The molecule has 138 valence electrons. The molecule has 4 aromatic rings. The first kappa shape index (κ1) is 17.1. The molecule has 0 spiro atoms. The van der Waals surface area contributed by atoms with E-state index in [1.165, 1.54) is 18.2 Å². The lowest BCUT2D eigenvalue weighted by atomic mass is 10.1. The molecule has 0 amide bonds. The SMILES string of the molecule is CCOc1ccccc1C(F)(F)c1nc(Cc2c[nH]c3ncccc23)no1. The van der Waals surface area contributed by atoms with Crippen LogP contribution in [0.5, 0.6) is 5.75 Å². The summed E-state index contributed by atoms with van der Waals surface area (Å²) in [5.74, 6) is -3.96. The predicted octanol–water partition coefficient (Wildman–Crippen LogP) is 4.08. The fourth-order valence-corrected chi connectivity index (χ4v) is 2.91. The van der Waals surface area contributed by atoms with Gasteiger partial charge in [0.15, 0.2) is 5.82 Å². The minimum atomic E-state index is -3.46. The lowest BCUT2D eigenvalue weighted by Crippen LogP contribution is -2.17. The van der Waals surface area contributed by atoms with Crippen LogP contribution in [-0.4, -0.2) is 26.7 Å². The molecule has 0 saturated heterocycles. The summed E-state index contributed by atoms with van der Waals surface area (Å²) in [5.41, 5.74) is 1.26. The Balaban J connectivity index is 1.64. The number of aromatic amines is 1. The Bertz CT molecular complexity index is 1070. The van der Waals surface area contributed by atoms with Crippen LogP contribution in [-0.2, 0) is 12.3 Å². The number of halogens is 2. The third-order valence-electron chi connectivity index (χ3n) is 4.15. The second kappa shape index (κ2) is 6.79. The number of para-hydroxylation sites is 1. The summed E-state index contributed by atoms with van der Waals surface area (Å²) in [5, 5.41) is 4.61. The number of fused-ring (bicyclic) bond motifs is 1. The minimum Gasteiger partial charge on any atom is -0.493 e. The second-order valence-electron chi connectivity index (χ2n) is 5.91. The molecule has 1 aromatic carbocycles. The number of hydrogen-bond donors (Lipinski definition) is 1. The van der Waals surface area contributed by atoms with Crippen molar-refractivity contribution in [1.29, 1.82) is 0 Å². The summed E-state index contributed by atoms with van der Waals surface area (Å²) >= 11 is 0. The smallest absolute Gasteiger partial charge is 0.353 e. The number of nitrogens with zero attached hydrogens (tertiary/aromatic N) is 3. The average molecular weight is 370 g/mol. The largest absolute Gasteiger partial charge is 0.493 e. The Kier molecular flexibility index (Phi) is 4.31. The zero-order valence-electron chi connectivity index (χ0n) is 14.4. The van der Waals surface area contributed by atoms with E-state index in [1.54, 1.807) is 31.5 Å². The van der Waals surface area contributed by atoms with Gasteiger partial charge in [0.25, 0.3) is 0 Å². The molecule has 0 fully saturated rings. The fourth-order valence-electron chi connectivity index (χ4n) is 2.91. The van der Waals surface area contributed by atoms with E-state index in [0.29, 0.717) is 5.65 Å². The van der Waals surface area contributed by atoms with E-state index in [-0.39, 0.29) is 30.2 Å². The Morgan fingerprint density at radius 1 is 1.19 bits per heavy atom. The van der Waals surface area contributed by atoms with E-state index in [9.17, 15) is 8.78 Å². The maximum absolute atomic E-state index is 14.9. The molecule has 27 heavy (non-hydrogen) atoms. The van der Waals surface area contributed by atoms with Crippen molar-refractivity contribution >= 4 is 11.0 Å². The van der Waals surface area contributed by atoms with Crippen LogP contribution >= 0.6 is 0 Å². The van der Waals surface area contributed by atoms with E-state index < -0.39 is 11.8 Å². The van der Waals surface area contributed by atoms with Gasteiger partial charge in [-0.25, -0.2) is 4.98 Å². The molecule has 0 aliphatic rings. The summed E-state index contributed by atoms with van der Waals surface area (Å²) in [7, 11) is 0. The molecule has 0 bridgehead atoms. The van der Waals surface area contributed by atoms with E-state index in [4.69, 9.17) is 9.26 Å². The number of H-pyrrole nitrogens is 1. The quantitative estimate of drug-likeness (QED) is 0.553. The summed E-state index contributed by atoms with van der Waals surface area (Å²) < 4.78 is 40.0. The van der Waals surface area contributed by atoms with Crippen molar-refractivity contribution in [2.75, 3.05) is 6.61 Å². The fraction of sp³-hybridized carbons (Fsp3) is 0.211. The van der Waals surface area contributed by atoms with Crippen LogP contribution in [0, 0.1) is 0 Å². The highest BCUT2D eigenvalue weighted by molar-refractivity contribution is 5.79. The number of alkyl halides is 2. The molecular formula is C19H16F2N4O2. The maximum Gasteiger partial charge on any atom is 0.353 e. The number of benzene rings is 1. The van der Waals surface area contributed by atoms with Gasteiger partial charge in [-0.15, -0.1) is 0 Å². The first-order chi connectivity index (χ1) is 13.1. The number of nitrogens with one attached hydrogen (secondary N) is 1. The molecule has 0 saturated carbocycles. The molecule has 0 aliphatic heterocycles. The molecule has 3 aromatic heterocycles. The van der Waals surface area contributed by atoms with Gasteiger partial charge in [0, 0.05) is 24.2 Å². The van der Waals surface area contributed by atoms with Crippen LogP contribution in [0.25, 0.3) is 11.0 Å². The lowest BCUT2D eigenvalue weighted by Gasteiger charge is -2.16. The van der Waals surface area contributed by atoms with Crippen molar-refractivity contribution in [2.45, 2.75) is 19.3 Å². The predicted molar refractivity (Wildman–Crippen MR) is 93.8 cm³/mol. The Labute approximate surface area is 153 Å². The molecule has 4 rings (SSSR count). The van der Waals surface area contributed by atoms with Gasteiger partial charge < -0.3 is 14.2 Å². The topological polar surface area (TPSA) is 76.8 Å². The number of pyridine rings is 1. The summed E-state index contributed by atoms with van der Waals surface area (Å²) in [4.78, 5) is 11.2. The van der Waals surface area contributed by atoms with Gasteiger partial charge in [0.1, 0.15) is 11.4 Å². The standard InChI is InChI=1S/C19H16F2N4O2/c1-2-26-15-8-4-3-7-14(15)19(20,21)18-24-16(25-27-18)10-12-11-23-17-13(12)6-5-9-22-17/h3-9,11H,2,10H2,1H3,(H,22,23). The Hall–Kier alpha value is -3.29.